The van der Waals surface area contributed by atoms with Crippen molar-refractivity contribution in [3.05, 3.63) is 40.9 Å². The predicted octanol–water partition coefficient (Wildman–Crippen LogP) is 1.65. The van der Waals surface area contributed by atoms with Crippen molar-refractivity contribution in [2.75, 3.05) is 13.1 Å². The Morgan fingerprint density at radius 3 is 2.61 bits per heavy atom. The maximum absolute atomic E-state index is 11.2. The fourth-order valence-electron chi connectivity index (χ4n) is 3.15. The van der Waals surface area contributed by atoms with Gasteiger partial charge in [-0.15, -0.1) is 11.3 Å². The number of piperidine rings is 1. The summed E-state index contributed by atoms with van der Waals surface area (Å²) in [5.41, 5.74) is 9.09. The Morgan fingerprint density at radius 1 is 1.30 bits per heavy atom. The van der Waals surface area contributed by atoms with E-state index in [1.54, 1.807) is 11.3 Å². The average Bonchev–Trinajstić information content (AvgIpc) is 3.04. The summed E-state index contributed by atoms with van der Waals surface area (Å²) in [6.07, 6.45) is 2.87. The van der Waals surface area contributed by atoms with Gasteiger partial charge in [0.25, 0.3) is 0 Å². The van der Waals surface area contributed by atoms with Gasteiger partial charge >= 0.3 is 0 Å². The molecule has 1 fully saturated rings. The van der Waals surface area contributed by atoms with Gasteiger partial charge < -0.3 is 10.6 Å². The van der Waals surface area contributed by atoms with Crippen molar-refractivity contribution in [1.29, 1.82) is 0 Å². The van der Waals surface area contributed by atoms with Crippen molar-refractivity contribution >= 4 is 17.2 Å². The fourth-order valence-corrected chi connectivity index (χ4v) is 3.97. The van der Waals surface area contributed by atoms with Gasteiger partial charge in [0.1, 0.15) is 17.2 Å². The second-order valence-corrected chi connectivity index (χ2v) is 7.16. The fraction of sp³-hybridized carbons (Fsp3) is 0.444. The van der Waals surface area contributed by atoms with E-state index in [2.05, 4.69) is 36.6 Å². The Morgan fingerprint density at radius 2 is 2.00 bits per heavy atom. The van der Waals surface area contributed by atoms with Crippen LogP contribution in [0, 0.1) is 5.92 Å². The van der Waals surface area contributed by atoms with Gasteiger partial charge in [0.15, 0.2) is 0 Å². The zero-order valence-electron chi connectivity index (χ0n) is 13.5. The topological polar surface area (TPSA) is 60.4 Å². The van der Waals surface area contributed by atoms with Crippen LogP contribution in [0.2, 0.25) is 0 Å². The average molecular weight is 330 g/mol. The first-order chi connectivity index (χ1) is 11.2. The number of quaternary nitrogens is 1. The zero-order chi connectivity index (χ0) is 16.2. The highest BCUT2D eigenvalue weighted by atomic mass is 32.1. The number of carbonyl (C=O) groups is 1. The van der Waals surface area contributed by atoms with Gasteiger partial charge in [-0.05, 0) is 12.0 Å². The highest BCUT2D eigenvalue weighted by Crippen LogP contribution is 2.24. The summed E-state index contributed by atoms with van der Waals surface area (Å²) in [5.74, 6) is -0.0719. The number of nitrogens with one attached hydrogen (secondary N) is 1. The Bertz CT molecular complexity index is 657. The van der Waals surface area contributed by atoms with Crippen LogP contribution in [0.15, 0.2) is 29.6 Å². The number of nitrogens with zero attached hydrogens (tertiary/aromatic N) is 1. The number of rotatable bonds is 5. The smallest absolute Gasteiger partial charge is 0.220 e. The molecular formula is C18H24N3OS+. The number of thiazole rings is 1. The molecule has 1 aromatic heterocycles. The molecule has 0 radical (unpaired) electrons. The van der Waals surface area contributed by atoms with Crippen molar-refractivity contribution in [3.8, 4) is 10.6 Å². The van der Waals surface area contributed by atoms with Crippen LogP contribution in [0.3, 0.4) is 0 Å². The molecule has 0 bridgehead atoms. The van der Waals surface area contributed by atoms with Crippen LogP contribution in [0.4, 0.5) is 0 Å². The number of aromatic nitrogens is 1. The molecule has 23 heavy (non-hydrogen) atoms. The van der Waals surface area contributed by atoms with Crippen LogP contribution in [-0.4, -0.2) is 24.0 Å². The molecule has 5 heteroatoms. The third-order valence-electron chi connectivity index (χ3n) is 4.69. The van der Waals surface area contributed by atoms with Crippen LogP contribution in [0.25, 0.3) is 10.6 Å². The molecule has 1 aromatic carbocycles. The third kappa shape index (κ3) is 3.98. The summed E-state index contributed by atoms with van der Waals surface area (Å²) < 4.78 is 0. The molecule has 2 heterocycles. The van der Waals surface area contributed by atoms with Crippen molar-refractivity contribution in [1.82, 2.24) is 4.98 Å². The van der Waals surface area contributed by atoms with Gasteiger partial charge in [-0.3, -0.25) is 4.79 Å². The molecule has 1 aliphatic rings. The zero-order valence-corrected chi connectivity index (χ0v) is 14.4. The van der Waals surface area contributed by atoms with E-state index in [-0.39, 0.29) is 11.8 Å². The van der Waals surface area contributed by atoms with E-state index in [9.17, 15) is 4.79 Å². The van der Waals surface area contributed by atoms with E-state index in [0.29, 0.717) is 0 Å². The molecule has 4 nitrogen and oxygen atoms in total. The number of carbonyl (C=O) groups excluding carboxylic acids is 1. The van der Waals surface area contributed by atoms with Crippen molar-refractivity contribution in [2.24, 2.45) is 11.7 Å². The molecule has 1 aliphatic heterocycles. The maximum Gasteiger partial charge on any atom is 0.220 e. The monoisotopic (exact) mass is 330 g/mol. The second-order valence-electron chi connectivity index (χ2n) is 6.30. The van der Waals surface area contributed by atoms with Crippen LogP contribution < -0.4 is 10.6 Å². The molecule has 0 spiro atoms. The molecule has 0 aliphatic carbocycles. The first-order valence-corrected chi connectivity index (χ1v) is 9.20. The lowest BCUT2D eigenvalue weighted by molar-refractivity contribution is -0.919. The van der Waals surface area contributed by atoms with Crippen LogP contribution in [-0.2, 0) is 17.8 Å². The molecule has 1 amide bonds. The van der Waals surface area contributed by atoms with E-state index >= 15 is 0 Å². The maximum atomic E-state index is 11.2. The Labute approximate surface area is 141 Å². The molecule has 1 saturated heterocycles. The van der Waals surface area contributed by atoms with E-state index in [4.69, 9.17) is 10.7 Å². The molecule has 0 atom stereocenters. The predicted molar refractivity (Wildman–Crippen MR) is 93.2 cm³/mol. The van der Waals surface area contributed by atoms with Gasteiger partial charge in [-0.2, -0.15) is 0 Å². The number of hydrogen-bond donors (Lipinski definition) is 2. The number of benzene rings is 1. The van der Waals surface area contributed by atoms with Crippen molar-refractivity contribution < 1.29 is 9.69 Å². The number of nitrogens with two attached hydrogens (primary N) is 1. The first-order valence-electron chi connectivity index (χ1n) is 8.32. The SMILES string of the molecule is CCc1ccc(-c2nc(C[NH+]3CCC(C(N)=O)CC3)cs2)cc1. The molecule has 0 unspecified atom stereocenters. The molecule has 0 saturated carbocycles. The van der Waals surface area contributed by atoms with Crippen LogP contribution in [0.5, 0.6) is 0 Å². The summed E-state index contributed by atoms with van der Waals surface area (Å²) in [4.78, 5) is 17.5. The lowest BCUT2D eigenvalue weighted by Crippen LogP contribution is -3.11. The van der Waals surface area contributed by atoms with Crippen LogP contribution in [0.1, 0.15) is 31.0 Å². The molecule has 2 aromatic rings. The molecule has 3 N–H and O–H groups in total. The summed E-state index contributed by atoms with van der Waals surface area (Å²) >= 11 is 1.71. The number of hydrogen-bond acceptors (Lipinski definition) is 3. The molecule has 3 rings (SSSR count). The standard InChI is InChI=1S/C18H23N3OS/c1-2-13-3-5-15(6-4-13)18-20-16(12-23-18)11-21-9-7-14(8-10-21)17(19)22/h3-6,12,14H,2,7-11H2,1H3,(H2,19,22)/p+1. The first kappa shape index (κ1) is 16.1. The second kappa shape index (κ2) is 7.23. The minimum Gasteiger partial charge on any atom is -0.369 e. The lowest BCUT2D eigenvalue weighted by Gasteiger charge is -2.27. The van der Waals surface area contributed by atoms with Gasteiger partial charge in [-0.25, -0.2) is 4.98 Å². The van der Waals surface area contributed by atoms with E-state index in [1.807, 2.05) is 0 Å². The summed E-state index contributed by atoms with van der Waals surface area (Å²) in [5, 5.41) is 3.25. The number of likely N-dealkylation sites (tertiary alicyclic amines) is 1. The van der Waals surface area contributed by atoms with Gasteiger partial charge in [0.2, 0.25) is 5.91 Å². The van der Waals surface area contributed by atoms with E-state index < -0.39 is 0 Å². The van der Waals surface area contributed by atoms with E-state index in [1.165, 1.54) is 16.0 Å². The summed E-state index contributed by atoms with van der Waals surface area (Å²) in [6, 6.07) is 8.67. The minimum absolute atomic E-state index is 0.0711. The summed E-state index contributed by atoms with van der Waals surface area (Å²) in [6.45, 7) is 5.12. The molecule has 122 valence electrons. The Balaban J connectivity index is 1.60. The quantitative estimate of drug-likeness (QED) is 0.876. The minimum atomic E-state index is -0.143. The number of aryl methyl sites for hydroxylation is 1. The summed E-state index contributed by atoms with van der Waals surface area (Å²) in [7, 11) is 0. The number of primary amides is 1. The van der Waals surface area contributed by atoms with Gasteiger partial charge in [0, 0.05) is 29.7 Å². The normalized spacial score (nSPS) is 21.3. The van der Waals surface area contributed by atoms with Crippen LogP contribution >= 0.6 is 11.3 Å². The third-order valence-corrected chi connectivity index (χ3v) is 5.63. The highest BCUT2D eigenvalue weighted by Gasteiger charge is 2.26. The van der Waals surface area contributed by atoms with Gasteiger partial charge in [0.05, 0.1) is 13.1 Å². The van der Waals surface area contributed by atoms with Crippen molar-refractivity contribution in [2.45, 2.75) is 32.7 Å². The highest BCUT2D eigenvalue weighted by molar-refractivity contribution is 7.13. The van der Waals surface area contributed by atoms with Crippen molar-refractivity contribution in [3.63, 3.8) is 0 Å². The Hall–Kier alpha value is -1.72. The number of amides is 1. The largest absolute Gasteiger partial charge is 0.369 e. The van der Waals surface area contributed by atoms with E-state index in [0.717, 1.165) is 49.6 Å². The van der Waals surface area contributed by atoms with Gasteiger partial charge in [-0.1, -0.05) is 31.2 Å². The molecular weight excluding hydrogens is 306 g/mol. The Kier molecular flexibility index (Phi) is 5.08. The lowest BCUT2D eigenvalue weighted by atomic mass is 9.96.